The minimum atomic E-state index is -0.236. The summed E-state index contributed by atoms with van der Waals surface area (Å²) in [7, 11) is 0. The maximum absolute atomic E-state index is 12.2. The predicted molar refractivity (Wildman–Crippen MR) is 106 cm³/mol. The summed E-state index contributed by atoms with van der Waals surface area (Å²) in [4.78, 5) is 16.6. The molecular weight excluding hydrogens is 421 g/mol. The molecule has 0 aliphatic carbocycles. The van der Waals surface area contributed by atoms with Crippen LogP contribution in [0.3, 0.4) is 0 Å². The van der Waals surface area contributed by atoms with Gasteiger partial charge in [0.2, 0.25) is 0 Å². The third-order valence-electron chi connectivity index (χ3n) is 3.33. The number of hydrogen-bond donors (Lipinski definition) is 2. The van der Waals surface area contributed by atoms with Gasteiger partial charge in [-0.25, -0.2) is 4.98 Å². The zero-order chi connectivity index (χ0) is 17.0. The Morgan fingerprint density at radius 2 is 1.83 bits per heavy atom. The molecule has 0 aliphatic rings. The van der Waals surface area contributed by atoms with Crippen LogP contribution in [0.4, 0.5) is 5.82 Å². The van der Waals surface area contributed by atoms with Gasteiger partial charge in [-0.3, -0.25) is 10.1 Å². The molecule has 0 saturated carbocycles. The van der Waals surface area contributed by atoms with Crippen molar-refractivity contribution in [1.82, 2.24) is 10.3 Å². The van der Waals surface area contributed by atoms with Crippen LogP contribution in [0.25, 0.3) is 0 Å². The normalized spacial score (nSPS) is 10.5. The number of anilines is 1. The van der Waals surface area contributed by atoms with Gasteiger partial charge in [-0.15, -0.1) is 0 Å². The fraction of sp³-hybridized carbons (Fsp3) is 0.235. The summed E-state index contributed by atoms with van der Waals surface area (Å²) in [5, 5.41) is 5.82. The van der Waals surface area contributed by atoms with E-state index in [1.165, 1.54) is 5.56 Å². The predicted octanol–water partition coefficient (Wildman–Crippen LogP) is 4.24. The molecule has 0 aliphatic heterocycles. The number of carbonyl (C=O) groups is 1. The zero-order valence-electron chi connectivity index (χ0n) is 13.2. The maximum atomic E-state index is 12.2. The van der Waals surface area contributed by atoms with E-state index in [2.05, 4.69) is 52.1 Å². The first-order chi connectivity index (χ1) is 10.9. The molecule has 0 saturated heterocycles. The van der Waals surface area contributed by atoms with Gasteiger partial charge in [-0.2, -0.15) is 0 Å². The van der Waals surface area contributed by atoms with E-state index in [1.807, 2.05) is 31.2 Å². The molecule has 0 radical (unpaired) electrons. The molecule has 0 unspecified atom stereocenters. The topological polar surface area (TPSA) is 54.0 Å². The third-order valence-corrected chi connectivity index (χ3v) is 4.67. The van der Waals surface area contributed by atoms with Crippen molar-refractivity contribution in [1.29, 1.82) is 0 Å². The molecule has 6 heteroatoms. The van der Waals surface area contributed by atoms with Gasteiger partial charge in [0.1, 0.15) is 5.82 Å². The van der Waals surface area contributed by atoms with Gasteiger partial charge in [0.15, 0.2) is 5.11 Å². The second-order valence-corrected chi connectivity index (χ2v) is 7.02. The molecule has 2 rings (SSSR count). The van der Waals surface area contributed by atoms with Crippen molar-refractivity contribution < 1.29 is 4.79 Å². The number of nitrogens with one attached hydrogen (secondary N) is 2. The van der Waals surface area contributed by atoms with Gasteiger partial charge >= 0.3 is 0 Å². The number of nitrogens with zero attached hydrogens (tertiary/aromatic N) is 1. The molecule has 0 spiro atoms. The van der Waals surface area contributed by atoms with Gasteiger partial charge < -0.3 is 5.32 Å². The molecule has 0 atom stereocenters. The van der Waals surface area contributed by atoms with Crippen LogP contribution in [0.5, 0.6) is 0 Å². The van der Waals surface area contributed by atoms with E-state index in [0.29, 0.717) is 17.3 Å². The first-order valence-corrected chi connectivity index (χ1v) is 8.71. The Balaban J connectivity index is 1.99. The minimum absolute atomic E-state index is 0.232. The van der Waals surface area contributed by atoms with E-state index < -0.39 is 0 Å². The standard InChI is InChI=1S/C17H18IN3OS/c1-10(2)12-4-6-13(7-5-12)16(22)21-17(23)20-15-9-8-14(18)11(3)19-15/h4-10H,1-3H3,(H2,19,20,21,22,23). The molecule has 1 amide bonds. The molecule has 1 aromatic heterocycles. The first-order valence-electron chi connectivity index (χ1n) is 7.22. The number of pyridine rings is 1. The fourth-order valence-corrected chi connectivity index (χ4v) is 2.45. The second-order valence-electron chi connectivity index (χ2n) is 5.45. The highest BCUT2D eigenvalue weighted by Gasteiger charge is 2.09. The molecule has 0 fully saturated rings. The lowest BCUT2D eigenvalue weighted by molar-refractivity contribution is 0.0977. The number of benzene rings is 1. The molecule has 1 heterocycles. The number of rotatable bonds is 3. The SMILES string of the molecule is Cc1nc(NC(=S)NC(=O)c2ccc(C(C)C)cc2)ccc1I. The summed E-state index contributed by atoms with van der Waals surface area (Å²) < 4.78 is 1.08. The highest BCUT2D eigenvalue weighted by molar-refractivity contribution is 14.1. The number of aryl methyl sites for hydroxylation is 1. The minimum Gasteiger partial charge on any atom is -0.317 e. The van der Waals surface area contributed by atoms with Gasteiger partial charge in [0.25, 0.3) is 5.91 Å². The number of halogens is 1. The maximum Gasteiger partial charge on any atom is 0.257 e. The molecule has 0 bridgehead atoms. The van der Waals surface area contributed by atoms with Crippen LogP contribution in [-0.4, -0.2) is 16.0 Å². The number of thiocarbonyl (C=S) groups is 1. The average molecular weight is 439 g/mol. The Labute approximate surface area is 155 Å². The van der Waals surface area contributed by atoms with Gasteiger partial charge in [-0.1, -0.05) is 26.0 Å². The zero-order valence-corrected chi connectivity index (χ0v) is 16.2. The van der Waals surface area contributed by atoms with Crippen molar-refractivity contribution >= 4 is 51.6 Å². The van der Waals surface area contributed by atoms with Gasteiger partial charge in [-0.05, 0) is 77.5 Å². The van der Waals surface area contributed by atoms with Crippen molar-refractivity contribution in [3.63, 3.8) is 0 Å². The molecule has 120 valence electrons. The Kier molecular flexibility index (Phi) is 6.06. The van der Waals surface area contributed by atoms with Crippen LogP contribution in [0, 0.1) is 10.5 Å². The highest BCUT2D eigenvalue weighted by Crippen LogP contribution is 2.15. The summed E-state index contributed by atoms with van der Waals surface area (Å²) in [5.74, 6) is 0.813. The van der Waals surface area contributed by atoms with E-state index in [-0.39, 0.29) is 11.0 Å². The quantitative estimate of drug-likeness (QED) is 0.555. The van der Waals surface area contributed by atoms with Crippen molar-refractivity contribution in [2.24, 2.45) is 0 Å². The smallest absolute Gasteiger partial charge is 0.257 e. The molecular formula is C17H18IN3OS. The molecule has 23 heavy (non-hydrogen) atoms. The number of aromatic nitrogens is 1. The molecule has 1 aromatic carbocycles. The van der Waals surface area contributed by atoms with Crippen molar-refractivity contribution in [3.8, 4) is 0 Å². The summed E-state index contributed by atoms with van der Waals surface area (Å²) in [6, 6.07) is 11.3. The van der Waals surface area contributed by atoms with E-state index in [1.54, 1.807) is 12.1 Å². The Morgan fingerprint density at radius 1 is 1.17 bits per heavy atom. The number of amides is 1. The molecule has 4 nitrogen and oxygen atoms in total. The molecule has 2 N–H and O–H groups in total. The van der Waals surface area contributed by atoms with Crippen molar-refractivity contribution in [3.05, 3.63) is 56.8 Å². The largest absolute Gasteiger partial charge is 0.317 e. The second kappa shape index (κ2) is 7.83. The van der Waals surface area contributed by atoms with E-state index in [9.17, 15) is 4.79 Å². The van der Waals surface area contributed by atoms with Crippen LogP contribution >= 0.6 is 34.8 Å². The van der Waals surface area contributed by atoms with Crippen LogP contribution in [0.15, 0.2) is 36.4 Å². The van der Waals surface area contributed by atoms with Crippen molar-refractivity contribution in [2.45, 2.75) is 26.7 Å². The van der Waals surface area contributed by atoms with E-state index >= 15 is 0 Å². The van der Waals surface area contributed by atoms with Crippen LogP contribution in [0.2, 0.25) is 0 Å². The third kappa shape index (κ3) is 4.97. The fourth-order valence-electron chi connectivity index (χ4n) is 1.96. The van der Waals surface area contributed by atoms with Crippen molar-refractivity contribution in [2.75, 3.05) is 5.32 Å². The summed E-state index contributed by atoms with van der Waals surface area (Å²) in [6.45, 7) is 6.15. The summed E-state index contributed by atoms with van der Waals surface area (Å²) >= 11 is 7.39. The Bertz CT molecular complexity index is 729. The van der Waals surface area contributed by atoms with E-state index in [0.717, 1.165) is 9.26 Å². The number of carbonyl (C=O) groups excluding carboxylic acids is 1. The van der Waals surface area contributed by atoms with Gasteiger partial charge in [0.05, 0.1) is 5.69 Å². The van der Waals surface area contributed by atoms with E-state index in [4.69, 9.17) is 12.2 Å². The Morgan fingerprint density at radius 3 is 2.39 bits per heavy atom. The summed E-state index contributed by atoms with van der Waals surface area (Å²) in [6.07, 6.45) is 0. The average Bonchev–Trinajstić information content (AvgIpc) is 2.51. The van der Waals surface area contributed by atoms with Crippen LogP contribution in [0.1, 0.15) is 41.4 Å². The Hall–Kier alpha value is -1.54. The molecule has 2 aromatic rings. The van der Waals surface area contributed by atoms with Gasteiger partial charge in [0, 0.05) is 9.13 Å². The lowest BCUT2D eigenvalue weighted by Crippen LogP contribution is -2.34. The van der Waals surface area contributed by atoms with Crippen LogP contribution < -0.4 is 10.6 Å². The lowest BCUT2D eigenvalue weighted by atomic mass is 10.0. The monoisotopic (exact) mass is 439 g/mol. The summed E-state index contributed by atoms with van der Waals surface area (Å²) in [5.41, 5.74) is 2.68. The lowest BCUT2D eigenvalue weighted by Gasteiger charge is -2.11. The van der Waals surface area contributed by atoms with Crippen LogP contribution in [-0.2, 0) is 0 Å². The number of hydrogen-bond acceptors (Lipinski definition) is 3. The first kappa shape index (κ1) is 17.8. The highest BCUT2D eigenvalue weighted by atomic mass is 127.